The summed E-state index contributed by atoms with van der Waals surface area (Å²) in [5, 5.41) is 0. The van der Waals surface area contributed by atoms with Crippen molar-refractivity contribution in [3.63, 3.8) is 0 Å². The minimum atomic E-state index is 0.400. The van der Waals surface area contributed by atoms with Gasteiger partial charge in [0.15, 0.2) is 0 Å². The van der Waals surface area contributed by atoms with Crippen LogP contribution in [0.4, 0.5) is 0 Å². The molecule has 0 aliphatic rings. The van der Waals surface area contributed by atoms with Crippen LogP contribution in [0.15, 0.2) is 4.99 Å². The van der Waals surface area contributed by atoms with Crippen molar-refractivity contribution in [3.8, 4) is 0 Å². The van der Waals surface area contributed by atoms with Gasteiger partial charge in [-0.1, -0.05) is 20.8 Å². The maximum Gasteiger partial charge on any atom is 0.113 e. The quantitative estimate of drug-likeness (QED) is 0.267. The van der Waals surface area contributed by atoms with Gasteiger partial charge >= 0.3 is 0 Å². The van der Waals surface area contributed by atoms with Crippen LogP contribution in [0.2, 0.25) is 0 Å². The molecule has 0 rings (SSSR count). The Balaban J connectivity index is 3.79. The lowest BCUT2D eigenvalue weighted by Gasteiger charge is -2.07. The molecule has 3 heteroatoms. The summed E-state index contributed by atoms with van der Waals surface area (Å²) in [7, 11) is 0. The van der Waals surface area contributed by atoms with E-state index in [1.54, 1.807) is 0 Å². The zero-order valence-electron chi connectivity index (χ0n) is 7.02. The van der Waals surface area contributed by atoms with Gasteiger partial charge in [0, 0.05) is 12.5 Å². The van der Waals surface area contributed by atoms with Gasteiger partial charge in [-0.15, -0.1) is 0 Å². The van der Waals surface area contributed by atoms with E-state index in [-0.39, 0.29) is 0 Å². The van der Waals surface area contributed by atoms with Crippen LogP contribution in [0.5, 0.6) is 0 Å². The van der Waals surface area contributed by atoms with Crippen molar-refractivity contribution in [1.29, 1.82) is 0 Å². The predicted molar refractivity (Wildman–Crippen MR) is 44.8 cm³/mol. The molecule has 60 valence electrons. The zero-order valence-corrected chi connectivity index (χ0v) is 7.02. The number of nitrogens with two attached hydrogens (primary N) is 1. The lowest BCUT2D eigenvalue weighted by molar-refractivity contribution is 0.790. The SMILES string of the molecule is CCCN=C(NN)C(C)C. The fourth-order valence-electron chi connectivity index (χ4n) is 0.627. The number of hydrazine groups is 1. The molecule has 10 heavy (non-hydrogen) atoms. The molecule has 0 heterocycles. The van der Waals surface area contributed by atoms with E-state index in [2.05, 4.69) is 31.2 Å². The predicted octanol–water partition coefficient (Wildman–Crippen LogP) is 0.914. The third kappa shape index (κ3) is 3.45. The number of amidine groups is 1. The topological polar surface area (TPSA) is 50.4 Å². The molecule has 0 amide bonds. The summed E-state index contributed by atoms with van der Waals surface area (Å²) >= 11 is 0. The first-order valence-corrected chi connectivity index (χ1v) is 3.73. The Kier molecular flexibility index (Phi) is 4.94. The standard InChI is InChI=1S/C7H17N3/c1-4-5-9-7(10-8)6(2)3/h6H,4-5,8H2,1-3H3,(H,9,10). The smallest absolute Gasteiger partial charge is 0.113 e. The molecular weight excluding hydrogens is 126 g/mol. The van der Waals surface area contributed by atoms with Gasteiger partial charge in [-0.25, -0.2) is 5.84 Å². The van der Waals surface area contributed by atoms with Crippen molar-refractivity contribution in [2.24, 2.45) is 16.8 Å². The van der Waals surface area contributed by atoms with Crippen molar-refractivity contribution >= 4 is 5.84 Å². The molecule has 0 spiro atoms. The Labute approximate surface area is 62.7 Å². The Morgan fingerprint density at radius 2 is 2.20 bits per heavy atom. The fraction of sp³-hybridized carbons (Fsp3) is 0.857. The first-order chi connectivity index (χ1) is 4.72. The Morgan fingerprint density at radius 1 is 1.60 bits per heavy atom. The van der Waals surface area contributed by atoms with Crippen molar-refractivity contribution in [3.05, 3.63) is 0 Å². The van der Waals surface area contributed by atoms with Gasteiger partial charge < -0.3 is 5.43 Å². The highest BCUT2D eigenvalue weighted by Crippen LogP contribution is 1.93. The van der Waals surface area contributed by atoms with Crippen LogP contribution in [0.1, 0.15) is 27.2 Å². The number of nitrogens with one attached hydrogen (secondary N) is 1. The highest BCUT2D eigenvalue weighted by Gasteiger charge is 1.99. The molecule has 0 saturated heterocycles. The van der Waals surface area contributed by atoms with Gasteiger partial charge in [0.25, 0.3) is 0 Å². The molecule has 0 atom stereocenters. The molecule has 3 nitrogen and oxygen atoms in total. The van der Waals surface area contributed by atoms with Crippen molar-refractivity contribution in [2.45, 2.75) is 27.2 Å². The molecule has 0 aromatic heterocycles. The minimum Gasteiger partial charge on any atom is -0.312 e. The average molecular weight is 143 g/mol. The maximum absolute atomic E-state index is 5.23. The second-order valence-electron chi connectivity index (χ2n) is 2.57. The Hall–Kier alpha value is -0.570. The minimum absolute atomic E-state index is 0.400. The summed E-state index contributed by atoms with van der Waals surface area (Å²) in [6.45, 7) is 7.08. The highest BCUT2D eigenvalue weighted by molar-refractivity contribution is 5.83. The Morgan fingerprint density at radius 3 is 2.50 bits per heavy atom. The Bertz CT molecular complexity index is 107. The van der Waals surface area contributed by atoms with Gasteiger partial charge in [-0.3, -0.25) is 4.99 Å². The number of nitrogens with zero attached hydrogens (tertiary/aromatic N) is 1. The summed E-state index contributed by atoms with van der Waals surface area (Å²) in [5.74, 6) is 6.52. The largest absolute Gasteiger partial charge is 0.312 e. The van der Waals surface area contributed by atoms with Crippen LogP contribution in [-0.4, -0.2) is 12.4 Å². The summed E-state index contributed by atoms with van der Waals surface area (Å²) in [6.07, 6.45) is 1.07. The first-order valence-electron chi connectivity index (χ1n) is 3.73. The monoisotopic (exact) mass is 143 g/mol. The molecule has 0 aliphatic carbocycles. The van der Waals surface area contributed by atoms with Crippen molar-refractivity contribution in [1.82, 2.24) is 5.43 Å². The molecular formula is C7H17N3. The third-order valence-electron chi connectivity index (χ3n) is 1.20. The van der Waals surface area contributed by atoms with Crippen LogP contribution in [-0.2, 0) is 0 Å². The van der Waals surface area contributed by atoms with E-state index >= 15 is 0 Å². The van der Waals surface area contributed by atoms with E-state index in [4.69, 9.17) is 5.84 Å². The molecule has 0 bridgehead atoms. The summed E-state index contributed by atoms with van der Waals surface area (Å²) in [6, 6.07) is 0. The van der Waals surface area contributed by atoms with E-state index in [1.165, 1.54) is 0 Å². The first kappa shape index (κ1) is 9.43. The number of hydrogen-bond donors (Lipinski definition) is 2. The van der Waals surface area contributed by atoms with Crippen LogP contribution < -0.4 is 11.3 Å². The van der Waals surface area contributed by atoms with Gasteiger partial charge in [0.2, 0.25) is 0 Å². The van der Waals surface area contributed by atoms with Gasteiger partial charge in [0.05, 0.1) is 0 Å². The summed E-state index contributed by atoms with van der Waals surface area (Å²) in [4.78, 5) is 4.24. The normalized spacial score (nSPS) is 12.3. The van der Waals surface area contributed by atoms with E-state index < -0.39 is 0 Å². The van der Waals surface area contributed by atoms with Crippen LogP contribution in [0, 0.1) is 5.92 Å². The van der Waals surface area contributed by atoms with Crippen LogP contribution >= 0.6 is 0 Å². The number of aliphatic imine (C=N–C) groups is 1. The number of rotatable bonds is 3. The fourth-order valence-corrected chi connectivity index (χ4v) is 0.627. The summed E-state index contributed by atoms with van der Waals surface area (Å²) in [5.41, 5.74) is 2.59. The van der Waals surface area contributed by atoms with Gasteiger partial charge in [-0.2, -0.15) is 0 Å². The second-order valence-corrected chi connectivity index (χ2v) is 2.57. The van der Waals surface area contributed by atoms with E-state index in [1.807, 2.05) is 0 Å². The lowest BCUT2D eigenvalue weighted by atomic mass is 10.2. The highest BCUT2D eigenvalue weighted by atomic mass is 15.3. The molecule has 3 N–H and O–H groups in total. The summed E-state index contributed by atoms with van der Waals surface area (Å²) < 4.78 is 0. The van der Waals surface area contributed by atoms with Crippen molar-refractivity contribution in [2.75, 3.05) is 6.54 Å². The molecule has 0 fully saturated rings. The second kappa shape index (κ2) is 5.23. The van der Waals surface area contributed by atoms with Gasteiger partial charge in [0.1, 0.15) is 5.84 Å². The van der Waals surface area contributed by atoms with E-state index in [0.29, 0.717) is 5.92 Å². The molecule has 0 aromatic carbocycles. The van der Waals surface area contributed by atoms with E-state index in [0.717, 1.165) is 18.8 Å². The van der Waals surface area contributed by atoms with Crippen LogP contribution in [0.3, 0.4) is 0 Å². The molecule has 0 radical (unpaired) electrons. The van der Waals surface area contributed by atoms with E-state index in [9.17, 15) is 0 Å². The third-order valence-corrected chi connectivity index (χ3v) is 1.20. The van der Waals surface area contributed by atoms with Crippen molar-refractivity contribution < 1.29 is 0 Å². The zero-order chi connectivity index (χ0) is 7.98. The molecule has 0 aliphatic heterocycles. The molecule has 0 saturated carbocycles. The molecule has 0 unspecified atom stereocenters. The maximum atomic E-state index is 5.23. The molecule has 0 aromatic rings. The van der Waals surface area contributed by atoms with Gasteiger partial charge in [-0.05, 0) is 6.42 Å². The van der Waals surface area contributed by atoms with Crippen LogP contribution in [0.25, 0.3) is 0 Å². The number of hydrogen-bond acceptors (Lipinski definition) is 2. The lowest BCUT2D eigenvalue weighted by Crippen LogP contribution is -2.34. The average Bonchev–Trinajstić information content (AvgIpc) is 1.89.